The fraction of sp³-hybridized carbons (Fsp3) is 0.500. The van der Waals surface area contributed by atoms with Crippen molar-refractivity contribution in [1.29, 1.82) is 0 Å². The number of hydrogen-bond acceptors (Lipinski definition) is 8. The Balaban J connectivity index is 1.09. The van der Waals surface area contributed by atoms with E-state index in [-0.39, 0.29) is 35.7 Å². The number of aromatic nitrogens is 4. The van der Waals surface area contributed by atoms with Crippen LogP contribution in [0.2, 0.25) is 0 Å². The lowest BCUT2D eigenvalue weighted by atomic mass is 10.0. The summed E-state index contributed by atoms with van der Waals surface area (Å²) >= 11 is 0. The van der Waals surface area contributed by atoms with Gasteiger partial charge in [-0.3, -0.25) is 9.59 Å². The monoisotopic (exact) mass is 738 g/mol. The molecule has 4 atom stereocenters. The number of aromatic amines is 2. The largest absolute Gasteiger partial charge is 0.453 e. The Morgan fingerprint density at radius 3 is 1.78 bits per heavy atom. The summed E-state index contributed by atoms with van der Waals surface area (Å²) in [7, 11) is 2.58. The van der Waals surface area contributed by atoms with Crippen LogP contribution in [-0.4, -0.2) is 93.1 Å². The first-order chi connectivity index (χ1) is 26.0. The fourth-order valence-electron chi connectivity index (χ4n) is 7.41. The first-order valence-corrected chi connectivity index (χ1v) is 18.7. The van der Waals surface area contributed by atoms with Crippen LogP contribution in [0, 0.1) is 23.7 Å². The van der Waals surface area contributed by atoms with E-state index in [9.17, 15) is 19.2 Å². The molecule has 2 saturated heterocycles. The Hall–Kier alpha value is -5.58. The maximum atomic E-state index is 13.5. The van der Waals surface area contributed by atoms with Crippen LogP contribution in [0.1, 0.15) is 94.7 Å². The van der Waals surface area contributed by atoms with E-state index in [2.05, 4.69) is 44.6 Å². The average molecular weight is 739 g/mol. The van der Waals surface area contributed by atoms with E-state index >= 15 is 0 Å². The number of hydrogen-bond donors (Lipinski definition) is 4. The van der Waals surface area contributed by atoms with E-state index in [1.807, 2.05) is 56.9 Å². The first-order valence-electron chi connectivity index (χ1n) is 18.7. The molecule has 4 amide bonds. The van der Waals surface area contributed by atoms with Gasteiger partial charge in [-0.05, 0) is 79.8 Å². The number of methoxy groups -OCH3 is 2. The third-order valence-corrected chi connectivity index (χ3v) is 10.3. The molecule has 0 aliphatic carbocycles. The van der Waals surface area contributed by atoms with Gasteiger partial charge in [0, 0.05) is 25.1 Å². The van der Waals surface area contributed by atoms with Gasteiger partial charge in [0.15, 0.2) is 0 Å². The predicted molar refractivity (Wildman–Crippen MR) is 203 cm³/mol. The quantitative estimate of drug-likeness (QED) is 0.154. The molecule has 6 rings (SSSR count). The molecule has 0 radical (unpaired) electrons. The summed E-state index contributed by atoms with van der Waals surface area (Å²) in [6.07, 6.45) is 3.43. The van der Waals surface area contributed by atoms with Crippen LogP contribution in [0.25, 0.3) is 22.1 Å². The number of alkyl carbamates (subject to hydrolysis) is 2. The van der Waals surface area contributed by atoms with E-state index in [4.69, 9.17) is 19.4 Å². The van der Waals surface area contributed by atoms with Crippen LogP contribution in [0.5, 0.6) is 0 Å². The van der Waals surface area contributed by atoms with E-state index in [1.54, 1.807) is 4.90 Å². The van der Waals surface area contributed by atoms with Crippen molar-refractivity contribution in [3.05, 3.63) is 59.2 Å². The molecule has 4 N–H and O–H groups in total. The molecule has 0 spiro atoms. The molecule has 4 heterocycles. The highest BCUT2D eigenvalue weighted by atomic mass is 16.5. The lowest BCUT2D eigenvalue weighted by Crippen LogP contribution is -2.51. The van der Waals surface area contributed by atoms with Crippen molar-refractivity contribution in [2.45, 2.75) is 90.4 Å². The number of rotatable bonds is 10. The number of benzene rings is 2. The number of imidazole rings is 2. The normalized spacial score (nSPS) is 18.1. The van der Waals surface area contributed by atoms with Gasteiger partial charge in [0.2, 0.25) is 11.8 Å². The Morgan fingerprint density at radius 2 is 1.28 bits per heavy atom. The molecule has 2 aliphatic heterocycles. The van der Waals surface area contributed by atoms with Gasteiger partial charge in [-0.2, -0.15) is 0 Å². The molecule has 0 unspecified atom stereocenters. The highest BCUT2D eigenvalue weighted by Crippen LogP contribution is 2.34. The summed E-state index contributed by atoms with van der Waals surface area (Å²) in [5.41, 5.74) is 5.39. The molecule has 4 aromatic rings. The van der Waals surface area contributed by atoms with Gasteiger partial charge in [0.25, 0.3) is 0 Å². The fourth-order valence-corrected chi connectivity index (χ4v) is 7.41. The number of amides is 4. The highest BCUT2D eigenvalue weighted by Gasteiger charge is 2.39. The van der Waals surface area contributed by atoms with E-state index in [1.165, 1.54) is 14.2 Å². The van der Waals surface area contributed by atoms with E-state index in [0.717, 1.165) is 76.9 Å². The first kappa shape index (κ1) is 38.2. The molecule has 14 nitrogen and oxygen atoms in total. The molecule has 286 valence electrons. The number of nitrogens with one attached hydrogen (secondary N) is 4. The van der Waals surface area contributed by atoms with Crippen LogP contribution >= 0.6 is 0 Å². The number of carbonyl (C=O) groups is 4. The molecule has 2 aliphatic rings. The standard InChI is InChI=1S/C40H50N8O6/c1-23(2)33(45-39(51)53-5)37(49)47-19-9-13-31(47)35-41-27-17-15-25(21-29(27)43-35)11-7-8-12-26-16-18-28-30(22-26)44-36(42-28)32-14-10-20-48(32)38(50)34(24(3)4)46-40(52)54-6/h15-18,21-24,31-34H,7,9-11,13-14,19-20H2,1-6H3,(H,41,43)(H,42,44)(H,45,51)(H,46,52)/t31-,32-,33-,34-/m0/s1. The van der Waals surface area contributed by atoms with Crippen molar-refractivity contribution in [3.63, 3.8) is 0 Å². The Morgan fingerprint density at radius 1 is 0.778 bits per heavy atom. The van der Waals surface area contributed by atoms with Gasteiger partial charge in [0.1, 0.15) is 23.7 Å². The zero-order chi connectivity index (χ0) is 38.5. The summed E-state index contributed by atoms with van der Waals surface area (Å²) in [5, 5.41) is 5.39. The number of carbonyl (C=O) groups excluding carboxylic acids is 4. The molecule has 2 aromatic heterocycles. The van der Waals surface area contributed by atoms with Crippen molar-refractivity contribution in [3.8, 4) is 11.8 Å². The number of likely N-dealkylation sites (tertiary alicyclic amines) is 2. The molecule has 0 saturated carbocycles. The third-order valence-electron chi connectivity index (χ3n) is 10.3. The molecule has 14 heteroatoms. The third kappa shape index (κ3) is 8.30. The van der Waals surface area contributed by atoms with Crippen molar-refractivity contribution < 1.29 is 28.7 Å². The van der Waals surface area contributed by atoms with Crippen molar-refractivity contribution in [1.82, 2.24) is 40.4 Å². The van der Waals surface area contributed by atoms with Gasteiger partial charge >= 0.3 is 12.2 Å². The topological polar surface area (TPSA) is 175 Å². The van der Waals surface area contributed by atoms with Crippen LogP contribution in [0.15, 0.2) is 36.4 Å². The van der Waals surface area contributed by atoms with Gasteiger partial charge in [-0.1, -0.05) is 45.6 Å². The van der Waals surface area contributed by atoms with Gasteiger partial charge in [-0.15, -0.1) is 0 Å². The van der Waals surface area contributed by atoms with Crippen molar-refractivity contribution >= 4 is 46.1 Å². The maximum Gasteiger partial charge on any atom is 0.407 e. The summed E-state index contributed by atoms with van der Waals surface area (Å²) in [4.78, 5) is 71.1. The molecular formula is C40H50N8O6. The second-order valence-corrected chi connectivity index (χ2v) is 14.7. The Kier molecular flexibility index (Phi) is 11.7. The molecule has 54 heavy (non-hydrogen) atoms. The average Bonchev–Trinajstić information content (AvgIpc) is 3.98. The number of aryl methyl sites for hydroxylation is 1. The second-order valence-electron chi connectivity index (χ2n) is 14.7. The van der Waals surface area contributed by atoms with Gasteiger partial charge in [-0.25, -0.2) is 19.6 Å². The van der Waals surface area contributed by atoms with Crippen LogP contribution < -0.4 is 10.6 Å². The minimum Gasteiger partial charge on any atom is -0.453 e. The van der Waals surface area contributed by atoms with Crippen molar-refractivity contribution in [2.75, 3.05) is 27.3 Å². The lowest BCUT2D eigenvalue weighted by molar-refractivity contribution is -0.136. The molecule has 2 aromatic carbocycles. The highest BCUT2D eigenvalue weighted by molar-refractivity contribution is 5.87. The number of H-pyrrole nitrogens is 2. The zero-order valence-corrected chi connectivity index (χ0v) is 31.8. The van der Waals surface area contributed by atoms with E-state index in [0.29, 0.717) is 19.5 Å². The minimum absolute atomic E-state index is 0.102. The Bertz CT molecular complexity index is 2080. The maximum absolute atomic E-state index is 13.5. The summed E-state index contributed by atoms with van der Waals surface area (Å²) in [6.45, 7) is 8.79. The zero-order valence-electron chi connectivity index (χ0n) is 31.8. The van der Waals surface area contributed by atoms with E-state index < -0.39 is 24.3 Å². The molecular weight excluding hydrogens is 688 g/mol. The Labute approximate surface area is 315 Å². The summed E-state index contributed by atoms with van der Waals surface area (Å²) in [5.74, 6) is 7.57. The van der Waals surface area contributed by atoms with Gasteiger partial charge < -0.3 is 39.9 Å². The lowest BCUT2D eigenvalue weighted by Gasteiger charge is -2.29. The number of fused-ring (bicyclic) bond motifs is 2. The second kappa shape index (κ2) is 16.6. The SMILES string of the molecule is COC(=O)N[C@H](C(=O)N1CCC[C@H]1c1nc2ccc(C#CCCc3ccc4nc([C@@H]5CCCN5C(=O)[C@@H](NC(=O)OC)C(C)C)[nH]c4c3)cc2[nH]1)C(C)C. The van der Waals surface area contributed by atoms with Gasteiger partial charge in [0.05, 0.1) is 48.4 Å². The van der Waals surface area contributed by atoms with Crippen molar-refractivity contribution in [2.24, 2.45) is 11.8 Å². The number of ether oxygens (including phenoxy) is 2. The summed E-state index contributed by atoms with van der Waals surface area (Å²) < 4.78 is 9.50. The van der Waals surface area contributed by atoms with Crippen LogP contribution in [0.3, 0.4) is 0 Å². The number of nitrogens with zero attached hydrogens (tertiary/aromatic N) is 4. The molecule has 0 bridgehead atoms. The van der Waals surface area contributed by atoms with Crippen LogP contribution in [-0.2, 0) is 25.5 Å². The molecule has 2 fully saturated rings. The van der Waals surface area contributed by atoms with Crippen LogP contribution in [0.4, 0.5) is 9.59 Å². The predicted octanol–water partition coefficient (Wildman–Crippen LogP) is 5.51. The summed E-state index contributed by atoms with van der Waals surface area (Å²) in [6, 6.07) is 10.2. The smallest absolute Gasteiger partial charge is 0.407 e. The minimum atomic E-state index is -0.690.